The van der Waals surface area contributed by atoms with Crippen molar-refractivity contribution in [3.63, 3.8) is 0 Å². The Bertz CT molecular complexity index is 2470. The molecule has 0 saturated carbocycles. The van der Waals surface area contributed by atoms with Crippen LogP contribution >= 0.6 is 36.4 Å². The molecule has 2 aliphatic rings. The molecule has 0 unspecified atom stereocenters. The summed E-state index contributed by atoms with van der Waals surface area (Å²) in [7, 11) is 0. The lowest BCUT2D eigenvalue weighted by molar-refractivity contribution is -0.117. The molecule has 292 valence electrons. The van der Waals surface area contributed by atoms with Gasteiger partial charge in [0.05, 0.1) is 31.8 Å². The molecule has 5 heterocycles. The fourth-order valence-corrected chi connectivity index (χ4v) is 8.23. The largest absolute Gasteiger partial charge is 0.491 e. The molecular weight excluding hydrogens is 780 g/mol. The summed E-state index contributed by atoms with van der Waals surface area (Å²) in [5.74, 6) is 2.59. The van der Waals surface area contributed by atoms with Gasteiger partial charge in [0, 0.05) is 50.7 Å². The standard InChI is InChI=1S/C42H39ClN8O4S.H2S/c1-24-25(2)56-42-38(24)39(27-6-9-30(43)10-7-27)48-35(41-50-49-26(3)51(41)42)23-37(53)46-31-11-13-32(14-12-31)55-20-19-54-18-17-45-40-33(5-4-16-44-40)28-8-15-34-29(21-28)22-36(52)47-34;/h4-16,21,35H,17-20,22-23H2,1-3H3,(H,44,45)(H,46,53)(H,47,52);1H2/t35-;/m0./s1. The van der Waals surface area contributed by atoms with Crippen LogP contribution in [0.2, 0.25) is 5.02 Å². The minimum Gasteiger partial charge on any atom is -0.491 e. The summed E-state index contributed by atoms with van der Waals surface area (Å²) >= 11 is 7.91. The third kappa shape index (κ3) is 8.59. The smallest absolute Gasteiger partial charge is 0.228 e. The summed E-state index contributed by atoms with van der Waals surface area (Å²) in [6, 6.07) is 24.2. The number of halogens is 1. The molecule has 0 radical (unpaired) electrons. The molecule has 3 N–H and O–H groups in total. The van der Waals surface area contributed by atoms with Gasteiger partial charge >= 0.3 is 0 Å². The van der Waals surface area contributed by atoms with E-state index in [1.54, 1.807) is 17.5 Å². The molecule has 2 aliphatic heterocycles. The summed E-state index contributed by atoms with van der Waals surface area (Å²) in [6.07, 6.45) is 2.20. The number of amides is 2. The van der Waals surface area contributed by atoms with Gasteiger partial charge in [-0.3, -0.25) is 19.1 Å². The van der Waals surface area contributed by atoms with Crippen LogP contribution in [0, 0.1) is 20.8 Å². The van der Waals surface area contributed by atoms with Crippen LogP contribution in [0.4, 0.5) is 17.2 Å². The average molecular weight is 821 g/mol. The third-order valence-corrected chi connectivity index (χ3v) is 11.2. The molecule has 2 amide bonds. The Balaban J connectivity index is 0.00000496. The first-order valence-electron chi connectivity index (χ1n) is 18.3. The predicted octanol–water partition coefficient (Wildman–Crippen LogP) is 8.01. The number of thiophene rings is 1. The first-order chi connectivity index (χ1) is 27.2. The summed E-state index contributed by atoms with van der Waals surface area (Å²) < 4.78 is 13.7. The maximum absolute atomic E-state index is 13.5. The van der Waals surface area contributed by atoms with Crippen LogP contribution in [0.5, 0.6) is 5.75 Å². The summed E-state index contributed by atoms with van der Waals surface area (Å²) in [6.45, 7) is 7.90. The lowest BCUT2D eigenvalue weighted by atomic mass is 9.99. The second kappa shape index (κ2) is 17.3. The Hall–Kier alpha value is -5.54. The molecule has 3 aromatic heterocycles. The van der Waals surface area contributed by atoms with Crippen LogP contribution in [0.3, 0.4) is 0 Å². The number of aromatic nitrogens is 4. The molecule has 8 rings (SSSR count). The van der Waals surface area contributed by atoms with Crippen LogP contribution in [0.15, 0.2) is 90.1 Å². The first kappa shape index (κ1) is 39.7. The minimum absolute atomic E-state index is 0. The second-order valence-corrected chi connectivity index (χ2v) is 15.2. The van der Waals surface area contributed by atoms with Gasteiger partial charge in [-0.2, -0.15) is 13.5 Å². The van der Waals surface area contributed by atoms with Gasteiger partial charge in [-0.1, -0.05) is 29.8 Å². The van der Waals surface area contributed by atoms with Crippen LogP contribution in [0.25, 0.3) is 16.1 Å². The van der Waals surface area contributed by atoms with Gasteiger partial charge in [0.15, 0.2) is 5.82 Å². The zero-order chi connectivity index (χ0) is 38.8. The number of anilines is 3. The Kier molecular flexibility index (Phi) is 12.0. The summed E-state index contributed by atoms with van der Waals surface area (Å²) in [5, 5.41) is 19.8. The van der Waals surface area contributed by atoms with E-state index in [0.29, 0.717) is 55.1 Å². The molecule has 0 spiro atoms. The van der Waals surface area contributed by atoms with Crippen LogP contribution in [-0.4, -0.2) is 63.6 Å². The molecule has 0 bridgehead atoms. The van der Waals surface area contributed by atoms with E-state index in [-0.39, 0.29) is 31.7 Å². The second-order valence-electron chi connectivity index (χ2n) is 13.6. The van der Waals surface area contributed by atoms with Crippen molar-refractivity contribution in [3.8, 4) is 21.9 Å². The number of aliphatic imine (C=N–C) groups is 1. The Labute approximate surface area is 346 Å². The van der Waals surface area contributed by atoms with E-state index in [1.165, 1.54) is 4.88 Å². The van der Waals surface area contributed by atoms with Gasteiger partial charge in [0.25, 0.3) is 0 Å². The van der Waals surface area contributed by atoms with Crippen LogP contribution < -0.4 is 20.7 Å². The molecule has 3 aromatic carbocycles. The molecule has 0 aliphatic carbocycles. The molecule has 57 heavy (non-hydrogen) atoms. The molecule has 12 nitrogen and oxygen atoms in total. The van der Waals surface area contributed by atoms with Crippen molar-refractivity contribution < 1.29 is 19.1 Å². The van der Waals surface area contributed by atoms with Gasteiger partial charge in [-0.05, 0) is 98.1 Å². The van der Waals surface area contributed by atoms with Crippen molar-refractivity contribution in [2.45, 2.75) is 39.7 Å². The predicted molar refractivity (Wildman–Crippen MR) is 230 cm³/mol. The molecule has 1 atom stereocenters. The van der Waals surface area contributed by atoms with Crippen molar-refractivity contribution in [2.75, 3.05) is 42.3 Å². The lowest BCUT2D eigenvalue weighted by Gasteiger charge is -2.14. The number of hydrogen-bond acceptors (Lipinski definition) is 10. The van der Waals surface area contributed by atoms with Gasteiger partial charge in [0.1, 0.15) is 35.0 Å². The molecule has 0 saturated heterocycles. The molecular formula is C42H41ClN8O4S2. The highest BCUT2D eigenvalue weighted by atomic mass is 35.5. The number of ether oxygens (including phenoxy) is 2. The lowest BCUT2D eigenvalue weighted by Crippen LogP contribution is -2.17. The van der Waals surface area contributed by atoms with Gasteiger partial charge < -0.3 is 25.4 Å². The van der Waals surface area contributed by atoms with E-state index in [1.807, 2.05) is 90.4 Å². The molecule has 0 fully saturated rings. The van der Waals surface area contributed by atoms with E-state index >= 15 is 0 Å². The average Bonchev–Trinajstić information content (AvgIpc) is 3.83. The van der Waals surface area contributed by atoms with E-state index in [4.69, 9.17) is 26.1 Å². The third-order valence-electron chi connectivity index (χ3n) is 9.76. The van der Waals surface area contributed by atoms with Gasteiger partial charge in [-0.25, -0.2) is 4.98 Å². The molecule has 15 heteroatoms. The number of benzene rings is 3. The topological polar surface area (TPSA) is 145 Å². The highest BCUT2D eigenvalue weighted by Crippen LogP contribution is 2.40. The highest BCUT2D eigenvalue weighted by molar-refractivity contribution is 7.59. The quantitative estimate of drug-likeness (QED) is 0.0995. The van der Waals surface area contributed by atoms with Crippen molar-refractivity contribution in [1.29, 1.82) is 0 Å². The number of pyridine rings is 1. The summed E-state index contributed by atoms with van der Waals surface area (Å²) in [4.78, 5) is 36.2. The number of carbonyl (C=O) groups excluding carboxylic acids is 2. The van der Waals surface area contributed by atoms with E-state index in [0.717, 1.165) is 61.4 Å². The Morgan fingerprint density at radius 3 is 2.58 bits per heavy atom. The number of nitrogens with one attached hydrogen (secondary N) is 3. The van der Waals surface area contributed by atoms with E-state index in [2.05, 4.69) is 45.0 Å². The van der Waals surface area contributed by atoms with Crippen LogP contribution in [-0.2, 0) is 20.7 Å². The van der Waals surface area contributed by atoms with Crippen molar-refractivity contribution in [2.24, 2.45) is 4.99 Å². The first-order valence-corrected chi connectivity index (χ1v) is 19.5. The number of aryl methyl sites for hydroxylation is 2. The minimum atomic E-state index is -0.569. The monoisotopic (exact) mass is 820 g/mol. The number of rotatable bonds is 13. The van der Waals surface area contributed by atoms with Gasteiger partial charge in [-0.15, -0.1) is 21.5 Å². The fourth-order valence-electron chi connectivity index (χ4n) is 6.89. The maximum atomic E-state index is 13.5. The SMILES string of the molecule is Cc1sc2c(c1C)C(c1ccc(Cl)cc1)=N[C@@H](CC(=O)Nc1ccc(OCCOCCNc3ncccc3-c3ccc4c(c3)CC(=O)N4)cc1)c1nnc(C)n1-2.S. The normalized spacial score (nSPS) is 14.0. The van der Waals surface area contributed by atoms with Gasteiger partial charge in [0.2, 0.25) is 11.8 Å². The van der Waals surface area contributed by atoms with Crippen LogP contribution in [0.1, 0.15) is 51.2 Å². The molecule has 6 aromatic rings. The van der Waals surface area contributed by atoms with Crippen molar-refractivity contribution in [1.82, 2.24) is 19.7 Å². The fraction of sp³-hybridized carbons (Fsp3) is 0.238. The summed E-state index contributed by atoms with van der Waals surface area (Å²) in [5.41, 5.74) is 8.31. The van der Waals surface area contributed by atoms with E-state index in [9.17, 15) is 9.59 Å². The van der Waals surface area contributed by atoms with Crippen molar-refractivity contribution >= 4 is 71.2 Å². The highest BCUT2D eigenvalue weighted by Gasteiger charge is 2.32. The zero-order valence-corrected chi connectivity index (χ0v) is 34.1. The number of nitrogens with zero attached hydrogens (tertiary/aromatic N) is 5. The van der Waals surface area contributed by atoms with E-state index < -0.39 is 6.04 Å². The maximum Gasteiger partial charge on any atom is 0.228 e. The van der Waals surface area contributed by atoms with Crippen molar-refractivity contribution in [3.05, 3.63) is 129 Å². The number of carbonyl (C=O) groups is 2. The number of fused-ring (bicyclic) bond motifs is 4. The Morgan fingerprint density at radius 1 is 0.982 bits per heavy atom. The number of hydrogen-bond donors (Lipinski definition) is 3. The Morgan fingerprint density at radius 2 is 1.77 bits per heavy atom. The zero-order valence-electron chi connectivity index (χ0n) is 31.6.